The topological polar surface area (TPSA) is 61.4 Å². The van der Waals surface area contributed by atoms with E-state index in [1.807, 2.05) is 26.0 Å². The van der Waals surface area contributed by atoms with E-state index in [-0.39, 0.29) is 17.9 Å². The van der Waals surface area contributed by atoms with Crippen molar-refractivity contribution in [1.29, 1.82) is 0 Å². The van der Waals surface area contributed by atoms with E-state index in [1.165, 1.54) is 0 Å². The van der Waals surface area contributed by atoms with Gasteiger partial charge in [0, 0.05) is 24.8 Å². The molecule has 0 saturated carbocycles. The summed E-state index contributed by atoms with van der Waals surface area (Å²) in [5, 5.41) is 6.32. The van der Waals surface area contributed by atoms with E-state index in [1.54, 1.807) is 4.90 Å². The van der Waals surface area contributed by atoms with Crippen molar-refractivity contribution in [2.45, 2.75) is 39.2 Å². The summed E-state index contributed by atoms with van der Waals surface area (Å²) >= 11 is 0. The first-order chi connectivity index (χ1) is 11.0. The Kier molecular flexibility index (Phi) is 4.66. The van der Waals surface area contributed by atoms with Gasteiger partial charge in [0.2, 0.25) is 11.8 Å². The predicted molar refractivity (Wildman–Crippen MR) is 90.4 cm³/mol. The fraction of sp³-hybridized carbons (Fsp3) is 0.556. The highest BCUT2D eigenvalue weighted by Crippen LogP contribution is 2.27. The molecule has 0 spiro atoms. The van der Waals surface area contributed by atoms with E-state index in [4.69, 9.17) is 0 Å². The third kappa shape index (κ3) is 3.55. The lowest BCUT2D eigenvalue weighted by molar-refractivity contribution is -0.132. The molecule has 124 valence electrons. The summed E-state index contributed by atoms with van der Waals surface area (Å²) in [6.07, 6.45) is 2.65. The quantitative estimate of drug-likeness (QED) is 0.832. The summed E-state index contributed by atoms with van der Waals surface area (Å²) in [5.41, 5.74) is 3.17. The van der Waals surface area contributed by atoms with Gasteiger partial charge in [-0.2, -0.15) is 0 Å². The smallest absolute Gasteiger partial charge is 0.239 e. The molecule has 2 aliphatic heterocycles. The van der Waals surface area contributed by atoms with Crippen molar-refractivity contribution < 1.29 is 9.59 Å². The number of hydrogen-bond acceptors (Lipinski definition) is 3. The zero-order chi connectivity index (χ0) is 16.4. The molecule has 0 aliphatic carbocycles. The Hall–Kier alpha value is -1.88. The Morgan fingerprint density at radius 2 is 1.96 bits per heavy atom. The van der Waals surface area contributed by atoms with Gasteiger partial charge in [0.15, 0.2) is 0 Å². The lowest BCUT2D eigenvalue weighted by Gasteiger charge is -2.25. The summed E-state index contributed by atoms with van der Waals surface area (Å²) in [6.45, 7) is 6.47. The summed E-state index contributed by atoms with van der Waals surface area (Å²) in [6, 6.07) is 6.26. The Morgan fingerprint density at radius 3 is 2.61 bits per heavy atom. The first-order valence-corrected chi connectivity index (χ1v) is 8.45. The molecule has 1 unspecified atom stereocenters. The fourth-order valence-corrected chi connectivity index (χ4v) is 3.56. The first-order valence-electron chi connectivity index (χ1n) is 8.45. The van der Waals surface area contributed by atoms with Crippen LogP contribution in [0.15, 0.2) is 18.2 Å². The van der Waals surface area contributed by atoms with Gasteiger partial charge in [-0.15, -0.1) is 0 Å². The number of carbonyl (C=O) groups excluding carboxylic acids is 2. The molecule has 5 nitrogen and oxygen atoms in total. The Morgan fingerprint density at radius 1 is 1.22 bits per heavy atom. The summed E-state index contributed by atoms with van der Waals surface area (Å²) < 4.78 is 0. The van der Waals surface area contributed by atoms with Crippen LogP contribution in [-0.2, 0) is 9.59 Å². The molecule has 0 radical (unpaired) electrons. The summed E-state index contributed by atoms with van der Waals surface area (Å²) in [7, 11) is 0. The molecule has 2 heterocycles. The van der Waals surface area contributed by atoms with Gasteiger partial charge in [0.25, 0.3) is 0 Å². The SMILES string of the molecule is Cc1cc(C)cc(N2CCC(C(=O)N[C@H]3CCCNC3)C2=O)c1. The van der Waals surface area contributed by atoms with Crippen molar-refractivity contribution in [3.8, 4) is 0 Å². The maximum absolute atomic E-state index is 12.7. The van der Waals surface area contributed by atoms with Gasteiger partial charge in [0.05, 0.1) is 0 Å². The lowest BCUT2D eigenvalue weighted by Crippen LogP contribution is -2.48. The zero-order valence-corrected chi connectivity index (χ0v) is 13.9. The van der Waals surface area contributed by atoms with Crippen LogP contribution < -0.4 is 15.5 Å². The number of nitrogens with zero attached hydrogens (tertiary/aromatic N) is 1. The number of hydrogen-bond donors (Lipinski definition) is 2. The summed E-state index contributed by atoms with van der Waals surface area (Å²) in [5.74, 6) is -0.732. The second-order valence-electron chi connectivity index (χ2n) is 6.73. The van der Waals surface area contributed by atoms with Crippen LogP contribution in [0.5, 0.6) is 0 Å². The molecule has 2 saturated heterocycles. The molecule has 0 bridgehead atoms. The minimum atomic E-state index is -0.544. The molecule has 1 aromatic carbocycles. The molecule has 2 amide bonds. The molecule has 2 N–H and O–H groups in total. The van der Waals surface area contributed by atoms with Gasteiger partial charge in [0.1, 0.15) is 5.92 Å². The molecule has 2 fully saturated rings. The maximum atomic E-state index is 12.7. The molecule has 23 heavy (non-hydrogen) atoms. The number of nitrogens with one attached hydrogen (secondary N) is 2. The molecule has 0 aromatic heterocycles. The highest BCUT2D eigenvalue weighted by atomic mass is 16.2. The van der Waals surface area contributed by atoms with Crippen molar-refractivity contribution in [3.63, 3.8) is 0 Å². The van der Waals surface area contributed by atoms with Gasteiger partial charge in [-0.3, -0.25) is 9.59 Å². The highest BCUT2D eigenvalue weighted by molar-refractivity contribution is 6.09. The first kappa shape index (κ1) is 16.0. The number of amides is 2. The second-order valence-corrected chi connectivity index (χ2v) is 6.73. The monoisotopic (exact) mass is 315 g/mol. The van der Waals surface area contributed by atoms with Crippen LogP contribution in [-0.4, -0.2) is 37.5 Å². The average Bonchev–Trinajstić information content (AvgIpc) is 2.89. The maximum Gasteiger partial charge on any atom is 0.239 e. The molecule has 5 heteroatoms. The van der Waals surface area contributed by atoms with Gasteiger partial charge in [-0.1, -0.05) is 6.07 Å². The molecule has 3 rings (SSSR count). The van der Waals surface area contributed by atoms with Crippen molar-refractivity contribution in [3.05, 3.63) is 29.3 Å². The van der Waals surface area contributed by atoms with Gasteiger partial charge in [-0.05, 0) is 62.9 Å². The Bertz CT molecular complexity index is 588. The molecule has 1 aromatic rings. The average molecular weight is 315 g/mol. The Labute approximate surface area is 137 Å². The number of rotatable bonds is 3. The van der Waals surface area contributed by atoms with Crippen LogP contribution in [0.25, 0.3) is 0 Å². The predicted octanol–water partition coefficient (Wildman–Crippen LogP) is 1.52. The van der Waals surface area contributed by atoms with E-state index in [2.05, 4.69) is 16.7 Å². The van der Waals surface area contributed by atoms with Crippen LogP contribution in [0.3, 0.4) is 0 Å². The molecule has 2 atom stereocenters. The number of aryl methyl sites for hydroxylation is 2. The van der Waals surface area contributed by atoms with Crippen LogP contribution in [0, 0.1) is 19.8 Å². The van der Waals surface area contributed by atoms with Crippen molar-refractivity contribution in [1.82, 2.24) is 10.6 Å². The number of benzene rings is 1. The van der Waals surface area contributed by atoms with Crippen LogP contribution in [0.1, 0.15) is 30.4 Å². The Balaban J connectivity index is 1.67. The van der Waals surface area contributed by atoms with Crippen LogP contribution in [0.2, 0.25) is 0 Å². The lowest BCUT2D eigenvalue weighted by atomic mass is 10.0. The number of piperidine rings is 1. The van der Waals surface area contributed by atoms with Crippen molar-refractivity contribution in [2.24, 2.45) is 5.92 Å². The molecular formula is C18H25N3O2. The van der Waals surface area contributed by atoms with E-state index < -0.39 is 5.92 Å². The minimum Gasteiger partial charge on any atom is -0.351 e. The highest BCUT2D eigenvalue weighted by Gasteiger charge is 2.38. The van der Waals surface area contributed by atoms with Gasteiger partial charge in [-0.25, -0.2) is 0 Å². The van der Waals surface area contributed by atoms with Crippen molar-refractivity contribution >= 4 is 17.5 Å². The van der Waals surface area contributed by atoms with Crippen LogP contribution in [0.4, 0.5) is 5.69 Å². The molecular weight excluding hydrogens is 290 g/mol. The fourth-order valence-electron chi connectivity index (χ4n) is 3.56. The van der Waals surface area contributed by atoms with E-state index in [9.17, 15) is 9.59 Å². The van der Waals surface area contributed by atoms with E-state index in [0.717, 1.165) is 42.7 Å². The minimum absolute atomic E-state index is 0.0729. The van der Waals surface area contributed by atoms with Gasteiger partial charge < -0.3 is 15.5 Å². The molecule has 2 aliphatic rings. The third-order valence-electron chi connectivity index (χ3n) is 4.68. The van der Waals surface area contributed by atoms with Gasteiger partial charge >= 0.3 is 0 Å². The number of carbonyl (C=O) groups is 2. The van der Waals surface area contributed by atoms with Crippen LogP contribution >= 0.6 is 0 Å². The van der Waals surface area contributed by atoms with E-state index >= 15 is 0 Å². The normalized spacial score (nSPS) is 24.8. The van der Waals surface area contributed by atoms with Crippen molar-refractivity contribution in [2.75, 3.05) is 24.5 Å². The second kappa shape index (κ2) is 6.71. The number of anilines is 1. The summed E-state index contributed by atoms with van der Waals surface area (Å²) in [4.78, 5) is 26.9. The van der Waals surface area contributed by atoms with E-state index in [0.29, 0.717) is 13.0 Å². The largest absolute Gasteiger partial charge is 0.351 e. The zero-order valence-electron chi connectivity index (χ0n) is 13.9. The third-order valence-corrected chi connectivity index (χ3v) is 4.68. The standard InChI is InChI=1S/C18H25N3O2/c1-12-8-13(2)10-15(9-12)21-7-5-16(18(21)23)17(22)20-14-4-3-6-19-11-14/h8-10,14,16,19H,3-7,11H2,1-2H3,(H,20,22)/t14-,16?/m0/s1.